The Morgan fingerprint density at radius 1 is 0.299 bits per heavy atom. The summed E-state index contributed by atoms with van der Waals surface area (Å²) in [4.78, 5) is 4.49. The van der Waals surface area contributed by atoms with E-state index in [9.17, 15) is 0 Å². The molecule has 17 aromatic rings. The third-order valence-corrected chi connectivity index (χ3v) is 17.2. The van der Waals surface area contributed by atoms with Crippen LogP contribution in [0.2, 0.25) is 0 Å². The Bertz CT molecular complexity index is 5270. The first-order valence-corrected chi connectivity index (χ1v) is 27.0. The van der Waals surface area contributed by atoms with Crippen molar-refractivity contribution in [3.8, 4) is 50.4 Å². The van der Waals surface area contributed by atoms with Gasteiger partial charge in [-0.25, -0.2) is 0 Å². The number of thiophene rings is 1. The van der Waals surface area contributed by atoms with E-state index in [0.29, 0.717) is 0 Å². The summed E-state index contributed by atoms with van der Waals surface area (Å²) >= 11 is 1.81. The highest BCUT2D eigenvalue weighted by atomic mass is 32.1. The van der Waals surface area contributed by atoms with E-state index in [-0.39, 0.29) is 0 Å². The topological polar surface area (TPSA) is 40.8 Å². The average molecular weight is 999 g/mol. The number of pyridine rings is 1. The molecule has 0 saturated carbocycles. The molecule has 0 fully saturated rings. The normalized spacial score (nSPS) is 12.2. The zero-order chi connectivity index (χ0) is 50.3. The van der Waals surface area contributed by atoms with Crippen molar-refractivity contribution in [1.29, 1.82) is 0 Å². The molecule has 0 aliphatic carbocycles. The molecule has 6 aromatic heterocycles. The van der Waals surface area contributed by atoms with Crippen LogP contribution in [0.1, 0.15) is 0 Å². The van der Waals surface area contributed by atoms with E-state index >= 15 is 0 Å². The van der Waals surface area contributed by atoms with E-state index < -0.39 is 0 Å². The summed E-state index contributed by atoms with van der Waals surface area (Å²) in [5.41, 5.74) is 18.8. The summed E-state index contributed by atoms with van der Waals surface area (Å²) in [7, 11) is 0. The lowest BCUT2D eigenvalue weighted by molar-refractivity contribution is 0.670. The fraction of sp³-hybridized carbons (Fsp3) is 0. The van der Waals surface area contributed by atoms with Crippen molar-refractivity contribution in [2.75, 3.05) is 0 Å². The smallest absolute Gasteiger partial charge is 0.143 e. The number of benzene rings is 11. The van der Waals surface area contributed by atoms with Crippen LogP contribution in [0.25, 0.3) is 158 Å². The zero-order valence-corrected chi connectivity index (χ0v) is 42.2. The second-order valence-electron chi connectivity index (χ2n) is 20.3. The highest BCUT2D eigenvalue weighted by Crippen LogP contribution is 2.46. The van der Waals surface area contributed by atoms with Gasteiger partial charge in [-0.05, 0) is 155 Å². The minimum absolute atomic E-state index is 0.855. The maximum atomic E-state index is 7.12. The third kappa shape index (κ3) is 6.31. The number of rotatable bonds is 6. The number of nitrogens with zero attached hydrogens (tertiary/aromatic N) is 4. The van der Waals surface area contributed by atoms with E-state index in [2.05, 4.69) is 261 Å². The summed E-state index contributed by atoms with van der Waals surface area (Å²) in [5, 5.41) is 11.8. The molecule has 0 bridgehead atoms. The Hall–Kier alpha value is -10.0. The molecule has 11 aromatic carbocycles. The molecule has 0 amide bonds. The number of furan rings is 1. The molecule has 6 heteroatoms. The molecule has 0 N–H and O–H groups in total. The van der Waals surface area contributed by atoms with Crippen LogP contribution >= 0.6 is 11.3 Å². The minimum Gasteiger partial charge on any atom is -0.455 e. The molecular formula is C71H42N4OS. The number of hydrogen-bond donors (Lipinski definition) is 0. The molecule has 0 aliphatic rings. The maximum absolute atomic E-state index is 7.12. The van der Waals surface area contributed by atoms with Crippen molar-refractivity contribution in [3.05, 3.63) is 255 Å². The van der Waals surface area contributed by atoms with Gasteiger partial charge >= 0.3 is 0 Å². The largest absolute Gasteiger partial charge is 0.455 e. The molecule has 77 heavy (non-hydrogen) atoms. The first-order valence-electron chi connectivity index (χ1n) is 26.2. The van der Waals surface area contributed by atoms with E-state index in [0.717, 1.165) is 83.4 Å². The predicted molar refractivity (Wildman–Crippen MR) is 324 cm³/mol. The van der Waals surface area contributed by atoms with Gasteiger partial charge in [0.1, 0.15) is 11.2 Å². The lowest BCUT2D eigenvalue weighted by Crippen LogP contribution is -1.95. The second kappa shape index (κ2) is 16.2. The monoisotopic (exact) mass is 998 g/mol. The Labute approximate surface area is 445 Å². The number of para-hydroxylation sites is 5. The standard InChI is InChI=1S/C71H42N4OS/c1-4-14-48(15-5-1)73-62-22-12-10-20-51(62)54-34-45(24-28-64(54)73)47-38-53(71-60(39-47)58-35-43(26-30-68(58)76-71)44-27-31-69-59(36-44)61-42-72-33-32-70(61)77-69)46-25-29-65-55(37-46)57-40-56-52-21-11-13-23-63(52)74(49-16-6-2-7-17-49)66(56)41-67(57)75(65)50-18-8-3-9-19-50/h1-42H. The van der Waals surface area contributed by atoms with Crippen LogP contribution in [0.15, 0.2) is 259 Å². The highest BCUT2D eigenvalue weighted by molar-refractivity contribution is 7.25. The van der Waals surface area contributed by atoms with Crippen LogP contribution in [0.4, 0.5) is 0 Å². The van der Waals surface area contributed by atoms with Crippen LogP contribution in [0.3, 0.4) is 0 Å². The van der Waals surface area contributed by atoms with Crippen molar-refractivity contribution < 1.29 is 4.42 Å². The molecule has 0 unspecified atom stereocenters. The Morgan fingerprint density at radius 3 is 1.44 bits per heavy atom. The number of aromatic nitrogens is 4. The second-order valence-corrected chi connectivity index (χ2v) is 21.4. The predicted octanol–water partition coefficient (Wildman–Crippen LogP) is 19.6. The molecule has 0 saturated heterocycles. The van der Waals surface area contributed by atoms with E-state index in [1.165, 1.54) is 74.6 Å². The highest BCUT2D eigenvalue weighted by Gasteiger charge is 2.23. The molecule has 358 valence electrons. The molecule has 6 heterocycles. The lowest BCUT2D eigenvalue weighted by Gasteiger charge is -2.11. The van der Waals surface area contributed by atoms with Gasteiger partial charge in [-0.15, -0.1) is 11.3 Å². The first-order chi connectivity index (χ1) is 38.2. The van der Waals surface area contributed by atoms with Gasteiger partial charge in [0.25, 0.3) is 0 Å². The van der Waals surface area contributed by atoms with Gasteiger partial charge in [-0.3, -0.25) is 4.98 Å². The fourth-order valence-electron chi connectivity index (χ4n) is 12.6. The summed E-state index contributed by atoms with van der Waals surface area (Å²) in [6, 6.07) is 88.9. The van der Waals surface area contributed by atoms with Gasteiger partial charge in [0.15, 0.2) is 0 Å². The zero-order valence-electron chi connectivity index (χ0n) is 41.4. The van der Waals surface area contributed by atoms with Crippen LogP contribution in [0, 0.1) is 0 Å². The van der Waals surface area contributed by atoms with Crippen molar-refractivity contribution in [2.45, 2.75) is 0 Å². The van der Waals surface area contributed by atoms with Gasteiger partial charge in [-0.2, -0.15) is 0 Å². The molecule has 0 spiro atoms. The number of hydrogen-bond acceptors (Lipinski definition) is 3. The Balaban J connectivity index is 0.923. The van der Waals surface area contributed by atoms with Gasteiger partial charge in [0, 0.05) is 98.3 Å². The minimum atomic E-state index is 0.855. The number of fused-ring (bicyclic) bond motifs is 15. The third-order valence-electron chi connectivity index (χ3n) is 16.1. The van der Waals surface area contributed by atoms with Gasteiger partial charge in [0.05, 0.1) is 33.1 Å². The van der Waals surface area contributed by atoms with Crippen molar-refractivity contribution >= 4 is 119 Å². The Kier molecular flexibility index (Phi) is 8.94. The van der Waals surface area contributed by atoms with Crippen LogP contribution in [-0.4, -0.2) is 18.7 Å². The first kappa shape index (κ1) is 42.4. The van der Waals surface area contributed by atoms with Crippen LogP contribution in [0.5, 0.6) is 0 Å². The van der Waals surface area contributed by atoms with Gasteiger partial charge in [-0.1, -0.05) is 115 Å². The van der Waals surface area contributed by atoms with Crippen molar-refractivity contribution in [1.82, 2.24) is 18.7 Å². The molecule has 0 radical (unpaired) electrons. The van der Waals surface area contributed by atoms with Gasteiger partial charge in [0.2, 0.25) is 0 Å². The molecule has 0 aliphatic heterocycles. The molecule has 17 rings (SSSR count). The Morgan fingerprint density at radius 2 is 0.766 bits per heavy atom. The summed E-state index contributed by atoms with van der Waals surface area (Å²) < 4.78 is 16.9. The lowest BCUT2D eigenvalue weighted by atomic mass is 9.93. The molecular weight excluding hydrogens is 957 g/mol. The van der Waals surface area contributed by atoms with Crippen molar-refractivity contribution in [3.63, 3.8) is 0 Å². The molecule has 0 atom stereocenters. The summed E-state index contributed by atoms with van der Waals surface area (Å²) in [5.74, 6) is 0. The summed E-state index contributed by atoms with van der Waals surface area (Å²) in [6.07, 6.45) is 3.87. The average Bonchev–Trinajstić information content (AvgIpc) is 4.47. The molecule has 5 nitrogen and oxygen atoms in total. The van der Waals surface area contributed by atoms with Gasteiger partial charge < -0.3 is 18.1 Å². The van der Waals surface area contributed by atoms with Crippen LogP contribution in [-0.2, 0) is 0 Å². The van der Waals surface area contributed by atoms with E-state index in [4.69, 9.17) is 4.42 Å². The van der Waals surface area contributed by atoms with E-state index in [1.807, 2.05) is 23.7 Å². The quantitative estimate of drug-likeness (QED) is 0.167. The SMILES string of the molecule is c1ccc(-n2c3ccccc3c3cc(-c4cc(-c5ccc6c(c5)c5cc7c8ccccc8n(-c8ccccc8)c7cc5n6-c5ccccc5)c5oc6ccc(-c7ccc8sc9ccncc9c8c7)cc6c5c4)ccc32)cc1. The van der Waals surface area contributed by atoms with Crippen LogP contribution < -0.4 is 0 Å². The van der Waals surface area contributed by atoms with E-state index in [1.54, 1.807) is 0 Å². The summed E-state index contributed by atoms with van der Waals surface area (Å²) in [6.45, 7) is 0. The fourth-order valence-corrected chi connectivity index (χ4v) is 13.7. The van der Waals surface area contributed by atoms with Crippen molar-refractivity contribution in [2.24, 2.45) is 0 Å². The maximum Gasteiger partial charge on any atom is 0.143 e.